The van der Waals surface area contributed by atoms with E-state index in [1.54, 1.807) is 13.2 Å². The van der Waals surface area contributed by atoms with E-state index in [0.717, 1.165) is 16.9 Å². The highest BCUT2D eigenvalue weighted by atomic mass is 16.5. The smallest absolute Gasteiger partial charge is 0.244 e. The van der Waals surface area contributed by atoms with Crippen molar-refractivity contribution in [1.82, 2.24) is 5.32 Å². The highest BCUT2D eigenvalue weighted by Gasteiger charge is 2.10. The molecule has 0 aliphatic heterocycles. The summed E-state index contributed by atoms with van der Waals surface area (Å²) < 4.78 is 5.09. The first-order valence-electron chi connectivity index (χ1n) is 7.48. The predicted molar refractivity (Wildman–Crippen MR) is 91.2 cm³/mol. The summed E-state index contributed by atoms with van der Waals surface area (Å²) in [5.41, 5.74) is 1.98. The second kappa shape index (κ2) is 8.76. The highest BCUT2D eigenvalue weighted by molar-refractivity contribution is 5.91. The van der Waals surface area contributed by atoms with Crippen molar-refractivity contribution in [2.45, 2.75) is 12.5 Å². The molecular weight excluding hydrogens is 290 g/mol. The summed E-state index contributed by atoms with van der Waals surface area (Å²) in [6.45, 7) is -0.100. The zero-order chi connectivity index (χ0) is 16.5. The largest absolute Gasteiger partial charge is 0.497 e. The molecule has 0 aromatic heterocycles. The molecule has 1 amide bonds. The van der Waals surface area contributed by atoms with Crippen LogP contribution in [0.5, 0.6) is 5.75 Å². The van der Waals surface area contributed by atoms with Crippen LogP contribution in [-0.2, 0) is 11.2 Å². The SMILES string of the molecule is COc1ccc(/C=C\C(=O)NC(CO)Cc2ccccc2)cc1. The maximum absolute atomic E-state index is 12.0. The molecule has 2 aromatic rings. The molecule has 1 atom stereocenters. The van der Waals surface area contributed by atoms with Crippen molar-refractivity contribution in [2.24, 2.45) is 0 Å². The number of benzene rings is 2. The fourth-order valence-corrected chi connectivity index (χ4v) is 2.20. The summed E-state index contributed by atoms with van der Waals surface area (Å²) in [4.78, 5) is 12.0. The number of methoxy groups -OCH3 is 1. The van der Waals surface area contributed by atoms with Gasteiger partial charge in [0.1, 0.15) is 5.75 Å². The third-order valence-corrected chi connectivity index (χ3v) is 3.43. The van der Waals surface area contributed by atoms with Crippen molar-refractivity contribution in [1.29, 1.82) is 0 Å². The Morgan fingerprint density at radius 1 is 1.17 bits per heavy atom. The van der Waals surface area contributed by atoms with E-state index in [4.69, 9.17) is 4.74 Å². The third-order valence-electron chi connectivity index (χ3n) is 3.43. The first-order chi connectivity index (χ1) is 11.2. The van der Waals surface area contributed by atoms with Gasteiger partial charge in [0.25, 0.3) is 0 Å². The van der Waals surface area contributed by atoms with E-state index in [1.807, 2.05) is 54.6 Å². The van der Waals surface area contributed by atoms with Crippen LogP contribution in [0.4, 0.5) is 0 Å². The Bertz CT molecular complexity index is 635. The van der Waals surface area contributed by atoms with E-state index < -0.39 is 0 Å². The minimum absolute atomic E-state index is 0.100. The summed E-state index contributed by atoms with van der Waals surface area (Å²) in [7, 11) is 1.61. The van der Waals surface area contributed by atoms with Crippen molar-refractivity contribution in [3.8, 4) is 5.75 Å². The van der Waals surface area contributed by atoms with Crippen LogP contribution in [0.2, 0.25) is 0 Å². The number of carbonyl (C=O) groups is 1. The Balaban J connectivity index is 1.89. The monoisotopic (exact) mass is 311 g/mol. The lowest BCUT2D eigenvalue weighted by molar-refractivity contribution is -0.117. The van der Waals surface area contributed by atoms with E-state index in [2.05, 4.69) is 5.32 Å². The minimum Gasteiger partial charge on any atom is -0.497 e. The Morgan fingerprint density at radius 3 is 2.48 bits per heavy atom. The molecule has 23 heavy (non-hydrogen) atoms. The van der Waals surface area contributed by atoms with Crippen molar-refractivity contribution in [2.75, 3.05) is 13.7 Å². The predicted octanol–water partition coefficient (Wildman–Crippen LogP) is 2.43. The number of aliphatic hydroxyl groups is 1. The molecule has 2 aromatic carbocycles. The van der Waals surface area contributed by atoms with Crippen molar-refractivity contribution in [3.05, 3.63) is 71.8 Å². The van der Waals surface area contributed by atoms with Gasteiger partial charge in [0, 0.05) is 6.08 Å². The third kappa shape index (κ3) is 5.60. The van der Waals surface area contributed by atoms with Gasteiger partial charge in [-0.3, -0.25) is 4.79 Å². The fourth-order valence-electron chi connectivity index (χ4n) is 2.20. The van der Waals surface area contributed by atoms with Crippen LogP contribution in [0.25, 0.3) is 6.08 Å². The molecule has 0 saturated carbocycles. The number of carbonyl (C=O) groups excluding carboxylic acids is 1. The Morgan fingerprint density at radius 2 is 1.87 bits per heavy atom. The van der Waals surface area contributed by atoms with Gasteiger partial charge in [0.2, 0.25) is 5.91 Å². The van der Waals surface area contributed by atoms with Gasteiger partial charge in [-0.1, -0.05) is 42.5 Å². The molecule has 2 rings (SSSR count). The van der Waals surface area contributed by atoms with Crippen LogP contribution in [0.1, 0.15) is 11.1 Å². The first-order valence-corrected chi connectivity index (χ1v) is 7.48. The number of hydrogen-bond donors (Lipinski definition) is 2. The van der Waals surface area contributed by atoms with Gasteiger partial charge in [-0.05, 0) is 35.8 Å². The number of ether oxygens (including phenoxy) is 1. The van der Waals surface area contributed by atoms with Gasteiger partial charge < -0.3 is 15.2 Å². The average Bonchev–Trinajstić information content (AvgIpc) is 2.60. The number of aliphatic hydroxyl groups excluding tert-OH is 1. The molecule has 2 N–H and O–H groups in total. The molecule has 0 aliphatic rings. The standard InChI is InChI=1S/C19H21NO3/c1-23-18-10-7-15(8-11-18)9-12-19(22)20-17(14-21)13-16-5-3-2-4-6-16/h2-12,17,21H,13-14H2,1H3,(H,20,22)/b12-9-. The van der Waals surface area contributed by atoms with Crippen LogP contribution in [0.3, 0.4) is 0 Å². The van der Waals surface area contributed by atoms with E-state index >= 15 is 0 Å². The maximum Gasteiger partial charge on any atom is 0.244 e. The Kier molecular flexibility index (Phi) is 6.39. The van der Waals surface area contributed by atoms with Gasteiger partial charge in [-0.15, -0.1) is 0 Å². The number of hydrogen-bond acceptors (Lipinski definition) is 3. The highest BCUT2D eigenvalue weighted by Crippen LogP contribution is 2.12. The number of rotatable bonds is 7. The second-order valence-electron chi connectivity index (χ2n) is 5.18. The van der Waals surface area contributed by atoms with Crippen molar-refractivity contribution < 1.29 is 14.6 Å². The topological polar surface area (TPSA) is 58.6 Å². The average molecular weight is 311 g/mol. The summed E-state index contributed by atoms with van der Waals surface area (Å²) in [5, 5.41) is 12.2. The van der Waals surface area contributed by atoms with Crippen molar-refractivity contribution in [3.63, 3.8) is 0 Å². The molecule has 4 heteroatoms. The van der Waals surface area contributed by atoms with Crippen LogP contribution in [0.15, 0.2) is 60.7 Å². The molecule has 0 saturated heterocycles. The van der Waals surface area contributed by atoms with Gasteiger partial charge in [0.05, 0.1) is 19.8 Å². The van der Waals surface area contributed by atoms with Crippen LogP contribution < -0.4 is 10.1 Å². The first kappa shape index (κ1) is 16.8. The summed E-state index contributed by atoms with van der Waals surface area (Å²) >= 11 is 0. The van der Waals surface area contributed by atoms with Crippen LogP contribution in [-0.4, -0.2) is 30.8 Å². The molecule has 0 aliphatic carbocycles. The molecule has 0 fully saturated rings. The van der Waals surface area contributed by atoms with E-state index in [0.29, 0.717) is 6.42 Å². The summed E-state index contributed by atoms with van der Waals surface area (Å²) in [5.74, 6) is 0.547. The van der Waals surface area contributed by atoms with E-state index in [-0.39, 0.29) is 18.6 Å². The molecule has 1 unspecified atom stereocenters. The molecule has 0 heterocycles. The molecule has 0 radical (unpaired) electrons. The minimum atomic E-state index is -0.301. The maximum atomic E-state index is 12.0. The van der Waals surface area contributed by atoms with Crippen LogP contribution >= 0.6 is 0 Å². The lowest BCUT2D eigenvalue weighted by Crippen LogP contribution is -2.38. The Labute approximate surface area is 136 Å². The Hall–Kier alpha value is -2.59. The van der Waals surface area contributed by atoms with Gasteiger partial charge >= 0.3 is 0 Å². The van der Waals surface area contributed by atoms with Gasteiger partial charge in [0.15, 0.2) is 0 Å². The van der Waals surface area contributed by atoms with Crippen molar-refractivity contribution >= 4 is 12.0 Å². The fraction of sp³-hybridized carbons (Fsp3) is 0.211. The summed E-state index contributed by atoms with van der Waals surface area (Å²) in [6.07, 6.45) is 3.79. The number of amides is 1. The summed E-state index contributed by atoms with van der Waals surface area (Å²) in [6, 6.07) is 16.9. The zero-order valence-corrected chi connectivity index (χ0v) is 13.1. The molecule has 4 nitrogen and oxygen atoms in total. The second-order valence-corrected chi connectivity index (χ2v) is 5.18. The number of nitrogens with one attached hydrogen (secondary N) is 1. The van der Waals surface area contributed by atoms with Crippen LogP contribution in [0, 0.1) is 0 Å². The van der Waals surface area contributed by atoms with E-state index in [9.17, 15) is 9.90 Å². The lowest BCUT2D eigenvalue weighted by atomic mass is 10.1. The zero-order valence-electron chi connectivity index (χ0n) is 13.1. The van der Waals surface area contributed by atoms with Gasteiger partial charge in [-0.2, -0.15) is 0 Å². The molecule has 120 valence electrons. The molecule has 0 spiro atoms. The lowest BCUT2D eigenvalue weighted by Gasteiger charge is -2.15. The quantitative estimate of drug-likeness (QED) is 0.772. The molecular formula is C19H21NO3. The molecule has 0 bridgehead atoms. The van der Waals surface area contributed by atoms with E-state index in [1.165, 1.54) is 6.08 Å². The normalized spacial score (nSPS) is 12.1. The van der Waals surface area contributed by atoms with Gasteiger partial charge in [-0.25, -0.2) is 0 Å².